The van der Waals surface area contributed by atoms with Crippen molar-refractivity contribution in [3.05, 3.63) is 95.5 Å². The number of hydrogen-bond donors (Lipinski definition) is 1. The standard InChI is InChI=1S/C28H23ClN2O3/c1-18-6-10-23(16-26(18)29)31-17-21(15-27(31)32)28(33)30-22-8-12-24(13-9-22)34-25-11-7-19-4-2-3-5-20(19)14-25/h2-14,16,21H,15,17H2,1H3,(H,30,33)/t21-/m1/s1. The molecule has 34 heavy (non-hydrogen) atoms. The molecule has 0 radical (unpaired) electrons. The molecule has 1 N–H and O–H groups in total. The van der Waals surface area contributed by atoms with Crippen LogP contribution in [0.1, 0.15) is 12.0 Å². The summed E-state index contributed by atoms with van der Waals surface area (Å²) in [5, 5.41) is 5.78. The molecule has 5 nitrogen and oxygen atoms in total. The van der Waals surface area contributed by atoms with Crippen LogP contribution in [-0.2, 0) is 9.59 Å². The Hall–Kier alpha value is -3.83. The number of benzene rings is 4. The molecular weight excluding hydrogens is 448 g/mol. The predicted molar refractivity (Wildman–Crippen MR) is 136 cm³/mol. The molecule has 5 rings (SSSR count). The summed E-state index contributed by atoms with van der Waals surface area (Å²) in [4.78, 5) is 27.0. The largest absolute Gasteiger partial charge is 0.457 e. The summed E-state index contributed by atoms with van der Waals surface area (Å²) in [5.74, 6) is 0.723. The lowest BCUT2D eigenvalue weighted by atomic mass is 10.1. The second-order valence-corrected chi connectivity index (χ2v) is 8.87. The van der Waals surface area contributed by atoms with Crippen LogP contribution < -0.4 is 15.0 Å². The first-order chi connectivity index (χ1) is 16.5. The first kappa shape index (κ1) is 22.0. The quantitative estimate of drug-likeness (QED) is 0.358. The minimum Gasteiger partial charge on any atom is -0.457 e. The van der Waals surface area contributed by atoms with Gasteiger partial charge in [0.25, 0.3) is 0 Å². The van der Waals surface area contributed by atoms with Crippen molar-refractivity contribution in [1.82, 2.24) is 0 Å². The summed E-state index contributed by atoms with van der Waals surface area (Å²) in [6.45, 7) is 2.24. The Bertz CT molecular complexity index is 1380. The van der Waals surface area contributed by atoms with Crippen molar-refractivity contribution < 1.29 is 14.3 Å². The molecule has 0 bridgehead atoms. The first-order valence-electron chi connectivity index (χ1n) is 11.1. The average Bonchev–Trinajstić information content (AvgIpc) is 3.24. The van der Waals surface area contributed by atoms with E-state index in [4.69, 9.17) is 16.3 Å². The van der Waals surface area contributed by atoms with E-state index in [1.807, 2.05) is 67.6 Å². The highest BCUT2D eigenvalue weighted by Gasteiger charge is 2.35. The summed E-state index contributed by atoms with van der Waals surface area (Å²) in [7, 11) is 0. The lowest BCUT2D eigenvalue weighted by molar-refractivity contribution is -0.122. The van der Waals surface area contributed by atoms with Gasteiger partial charge in [-0.1, -0.05) is 48.0 Å². The van der Waals surface area contributed by atoms with E-state index >= 15 is 0 Å². The topological polar surface area (TPSA) is 58.6 Å². The third kappa shape index (κ3) is 4.61. The zero-order valence-corrected chi connectivity index (χ0v) is 19.4. The fraction of sp³-hybridized carbons (Fsp3) is 0.143. The van der Waals surface area contributed by atoms with Crippen LogP contribution in [0.25, 0.3) is 10.8 Å². The normalized spacial score (nSPS) is 15.5. The minimum absolute atomic E-state index is 0.0841. The van der Waals surface area contributed by atoms with Crippen LogP contribution in [0.4, 0.5) is 11.4 Å². The van der Waals surface area contributed by atoms with E-state index in [2.05, 4.69) is 11.4 Å². The molecule has 0 aliphatic carbocycles. The Morgan fingerprint density at radius 1 is 0.941 bits per heavy atom. The number of nitrogens with zero attached hydrogens (tertiary/aromatic N) is 1. The highest BCUT2D eigenvalue weighted by atomic mass is 35.5. The second-order valence-electron chi connectivity index (χ2n) is 8.46. The van der Waals surface area contributed by atoms with E-state index in [0.29, 0.717) is 28.7 Å². The number of nitrogens with one attached hydrogen (secondary N) is 1. The summed E-state index contributed by atoms with van der Waals surface area (Å²) < 4.78 is 5.97. The van der Waals surface area contributed by atoms with Gasteiger partial charge < -0.3 is 15.0 Å². The first-order valence-corrected chi connectivity index (χ1v) is 11.5. The number of carbonyl (C=O) groups is 2. The number of amides is 2. The summed E-state index contributed by atoms with van der Waals surface area (Å²) in [6, 6.07) is 26.8. The van der Waals surface area contributed by atoms with E-state index in [1.54, 1.807) is 23.1 Å². The van der Waals surface area contributed by atoms with Crippen molar-refractivity contribution in [3.63, 3.8) is 0 Å². The van der Waals surface area contributed by atoms with Gasteiger partial charge in [-0.15, -0.1) is 0 Å². The Kier molecular flexibility index (Phi) is 5.95. The van der Waals surface area contributed by atoms with E-state index in [1.165, 1.54) is 0 Å². The Morgan fingerprint density at radius 3 is 2.44 bits per heavy atom. The molecule has 0 aromatic heterocycles. The Balaban J connectivity index is 1.21. The molecule has 170 valence electrons. The molecule has 0 spiro atoms. The van der Waals surface area contributed by atoms with Gasteiger partial charge in [0.1, 0.15) is 11.5 Å². The number of hydrogen-bond acceptors (Lipinski definition) is 3. The fourth-order valence-corrected chi connectivity index (χ4v) is 4.27. The fourth-order valence-electron chi connectivity index (χ4n) is 4.10. The second kappa shape index (κ2) is 9.20. The summed E-state index contributed by atoms with van der Waals surface area (Å²) >= 11 is 6.21. The molecule has 2 amide bonds. The van der Waals surface area contributed by atoms with E-state index in [9.17, 15) is 9.59 Å². The van der Waals surface area contributed by atoms with Crippen molar-refractivity contribution in [2.45, 2.75) is 13.3 Å². The molecule has 0 unspecified atom stereocenters. The molecule has 6 heteroatoms. The van der Waals surface area contributed by atoms with E-state index in [-0.39, 0.29) is 18.2 Å². The van der Waals surface area contributed by atoms with E-state index < -0.39 is 5.92 Å². The molecule has 4 aromatic carbocycles. The molecule has 0 saturated carbocycles. The van der Waals surface area contributed by atoms with Gasteiger partial charge in [-0.2, -0.15) is 0 Å². The Labute approximate surface area is 202 Å². The average molecular weight is 471 g/mol. The van der Waals surface area contributed by atoms with Gasteiger partial charge in [-0.3, -0.25) is 9.59 Å². The molecule has 1 heterocycles. The minimum atomic E-state index is -0.430. The zero-order chi connectivity index (χ0) is 23.7. The number of rotatable bonds is 5. The van der Waals surface area contributed by atoms with Crippen LogP contribution in [0.5, 0.6) is 11.5 Å². The molecule has 1 aliphatic rings. The molecule has 1 aliphatic heterocycles. The molecule has 1 saturated heterocycles. The number of anilines is 2. The third-order valence-electron chi connectivity index (χ3n) is 6.04. The van der Waals surface area contributed by atoms with Crippen molar-refractivity contribution >= 4 is 45.6 Å². The molecule has 1 fully saturated rings. The maximum Gasteiger partial charge on any atom is 0.229 e. The maximum atomic E-state index is 12.8. The smallest absolute Gasteiger partial charge is 0.229 e. The molecule has 4 aromatic rings. The van der Waals surface area contributed by atoms with Crippen molar-refractivity contribution in [3.8, 4) is 11.5 Å². The van der Waals surface area contributed by atoms with Gasteiger partial charge >= 0.3 is 0 Å². The van der Waals surface area contributed by atoms with Crippen LogP contribution >= 0.6 is 11.6 Å². The van der Waals surface area contributed by atoms with Gasteiger partial charge in [-0.25, -0.2) is 0 Å². The van der Waals surface area contributed by atoms with Gasteiger partial charge in [0.2, 0.25) is 11.8 Å². The lowest BCUT2D eigenvalue weighted by Crippen LogP contribution is -2.28. The zero-order valence-electron chi connectivity index (χ0n) is 18.6. The van der Waals surface area contributed by atoms with E-state index in [0.717, 1.165) is 22.1 Å². The number of halogens is 1. The van der Waals surface area contributed by atoms with Crippen molar-refractivity contribution in [2.24, 2.45) is 5.92 Å². The molecule has 1 atom stereocenters. The maximum absolute atomic E-state index is 12.8. The predicted octanol–water partition coefficient (Wildman–Crippen LogP) is 6.59. The van der Waals surface area contributed by atoms with Crippen LogP contribution in [0.2, 0.25) is 5.02 Å². The van der Waals surface area contributed by atoms with Gasteiger partial charge in [-0.05, 0) is 71.8 Å². The highest BCUT2D eigenvalue weighted by molar-refractivity contribution is 6.31. The summed E-state index contributed by atoms with van der Waals surface area (Å²) in [6.07, 6.45) is 0.167. The Morgan fingerprint density at radius 2 is 1.68 bits per heavy atom. The number of aryl methyl sites for hydroxylation is 1. The van der Waals surface area contributed by atoms with Gasteiger partial charge in [0.05, 0.1) is 5.92 Å². The number of fused-ring (bicyclic) bond motifs is 1. The highest BCUT2D eigenvalue weighted by Crippen LogP contribution is 2.30. The molecular formula is C28H23ClN2O3. The van der Waals surface area contributed by atoms with Crippen LogP contribution in [0, 0.1) is 12.8 Å². The van der Waals surface area contributed by atoms with Crippen LogP contribution in [0.15, 0.2) is 84.9 Å². The number of ether oxygens (including phenoxy) is 1. The van der Waals surface area contributed by atoms with Crippen molar-refractivity contribution in [2.75, 3.05) is 16.8 Å². The van der Waals surface area contributed by atoms with Crippen LogP contribution in [-0.4, -0.2) is 18.4 Å². The van der Waals surface area contributed by atoms with Crippen molar-refractivity contribution in [1.29, 1.82) is 0 Å². The van der Waals surface area contributed by atoms with Gasteiger partial charge in [0.15, 0.2) is 0 Å². The SMILES string of the molecule is Cc1ccc(N2C[C@H](C(=O)Nc3ccc(Oc4ccc5ccccc5c4)cc3)CC2=O)cc1Cl. The third-order valence-corrected chi connectivity index (χ3v) is 6.45. The van der Waals surface area contributed by atoms with Crippen LogP contribution in [0.3, 0.4) is 0 Å². The monoisotopic (exact) mass is 470 g/mol. The summed E-state index contributed by atoms with van der Waals surface area (Å²) in [5.41, 5.74) is 2.31. The lowest BCUT2D eigenvalue weighted by Gasteiger charge is -2.17. The van der Waals surface area contributed by atoms with Gasteiger partial charge in [0, 0.05) is 29.4 Å². The number of carbonyl (C=O) groups excluding carboxylic acids is 2.